The number of nitrogens with one attached hydrogen (secondary N) is 1. The van der Waals surface area contributed by atoms with E-state index in [1.54, 1.807) is 24.3 Å². The normalized spacial score (nSPS) is 19.8. The third-order valence-corrected chi connectivity index (χ3v) is 6.49. The van der Waals surface area contributed by atoms with Crippen LogP contribution in [0.25, 0.3) is 0 Å². The Morgan fingerprint density at radius 1 is 1.12 bits per heavy atom. The minimum Gasteiger partial charge on any atom is -0.491 e. The van der Waals surface area contributed by atoms with E-state index in [0.717, 1.165) is 12.8 Å². The van der Waals surface area contributed by atoms with Gasteiger partial charge in [0.1, 0.15) is 5.75 Å². The highest BCUT2D eigenvalue weighted by Crippen LogP contribution is 2.26. The van der Waals surface area contributed by atoms with Crippen molar-refractivity contribution in [3.63, 3.8) is 0 Å². The molecule has 3 rings (SSSR count). The van der Waals surface area contributed by atoms with E-state index >= 15 is 0 Å². The molecule has 1 aromatic rings. The molecule has 0 bridgehead atoms. The number of sulfonamides is 1. The Hall–Kier alpha value is -1.60. The summed E-state index contributed by atoms with van der Waals surface area (Å²) in [6.07, 6.45) is 3.33. The maximum absolute atomic E-state index is 12.8. The lowest BCUT2D eigenvalue weighted by atomic mass is 9.97. The summed E-state index contributed by atoms with van der Waals surface area (Å²) in [5.74, 6) is 0.660. The van der Waals surface area contributed by atoms with Gasteiger partial charge in [-0.25, -0.2) is 8.42 Å². The largest absolute Gasteiger partial charge is 0.491 e. The Bertz CT molecular complexity index is 703. The van der Waals surface area contributed by atoms with Crippen LogP contribution in [0.4, 0.5) is 0 Å². The second-order valence-electron chi connectivity index (χ2n) is 7.10. The molecule has 6 nitrogen and oxygen atoms in total. The Kier molecular flexibility index (Phi) is 5.34. The number of ether oxygens (including phenoxy) is 1. The molecule has 1 amide bonds. The molecule has 25 heavy (non-hydrogen) atoms. The summed E-state index contributed by atoms with van der Waals surface area (Å²) in [7, 11) is -3.52. The van der Waals surface area contributed by atoms with Gasteiger partial charge in [0.25, 0.3) is 0 Å². The Labute approximate surface area is 149 Å². The maximum Gasteiger partial charge on any atom is 0.243 e. The molecular formula is C18H26N2O4S. The highest BCUT2D eigenvalue weighted by Gasteiger charge is 2.34. The van der Waals surface area contributed by atoms with Crippen LogP contribution in [-0.4, -0.2) is 43.9 Å². The van der Waals surface area contributed by atoms with E-state index in [4.69, 9.17) is 4.74 Å². The van der Waals surface area contributed by atoms with E-state index in [9.17, 15) is 13.2 Å². The first-order valence-corrected chi connectivity index (χ1v) is 10.4. The molecule has 0 spiro atoms. The molecule has 1 aromatic carbocycles. The van der Waals surface area contributed by atoms with Crippen LogP contribution in [0, 0.1) is 5.92 Å². The molecule has 2 fully saturated rings. The highest BCUT2D eigenvalue weighted by molar-refractivity contribution is 7.89. The molecule has 1 N–H and O–H groups in total. The highest BCUT2D eigenvalue weighted by atomic mass is 32.2. The molecule has 0 radical (unpaired) electrons. The van der Waals surface area contributed by atoms with E-state index in [2.05, 4.69) is 5.32 Å². The summed E-state index contributed by atoms with van der Waals surface area (Å²) in [6.45, 7) is 4.62. The van der Waals surface area contributed by atoms with E-state index in [0.29, 0.717) is 37.7 Å². The SMILES string of the molecule is CC(C)Oc1ccc(S(=O)(=O)N2CCC(C(=O)NC3CC3)CC2)cc1. The van der Waals surface area contributed by atoms with Crippen LogP contribution in [0.1, 0.15) is 39.5 Å². The van der Waals surface area contributed by atoms with Crippen molar-refractivity contribution in [3.8, 4) is 5.75 Å². The van der Waals surface area contributed by atoms with Crippen molar-refractivity contribution in [2.45, 2.75) is 56.6 Å². The summed E-state index contributed by atoms with van der Waals surface area (Å²) in [4.78, 5) is 12.4. The molecule has 1 saturated carbocycles. The lowest BCUT2D eigenvalue weighted by Crippen LogP contribution is -2.43. The van der Waals surface area contributed by atoms with Gasteiger partial charge in [-0.3, -0.25) is 4.79 Å². The van der Waals surface area contributed by atoms with Crippen molar-refractivity contribution >= 4 is 15.9 Å². The lowest BCUT2D eigenvalue weighted by Gasteiger charge is -2.30. The number of nitrogens with zero attached hydrogens (tertiary/aromatic N) is 1. The predicted octanol–water partition coefficient (Wildman–Crippen LogP) is 2.15. The van der Waals surface area contributed by atoms with Gasteiger partial charge < -0.3 is 10.1 Å². The zero-order chi connectivity index (χ0) is 18.0. The van der Waals surface area contributed by atoms with Gasteiger partial charge in [-0.15, -0.1) is 0 Å². The summed E-state index contributed by atoms with van der Waals surface area (Å²) in [5.41, 5.74) is 0. The molecule has 0 aromatic heterocycles. The zero-order valence-corrected chi connectivity index (χ0v) is 15.6. The van der Waals surface area contributed by atoms with Crippen LogP contribution in [-0.2, 0) is 14.8 Å². The monoisotopic (exact) mass is 366 g/mol. The first-order valence-electron chi connectivity index (χ1n) is 8.93. The van der Waals surface area contributed by atoms with Crippen LogP contribution in [0.3, 0.4) is 0 Å². The van der Waals surface area contributed by atoms with Crippen molar-refractivity contribution in [2.24, 2.45) is 5.92 Å². The zero-order valence-electron chi connectivity index (χ0n) is 14.8. The van der Waals surface area contributed by atoms with E-state index in [-0.39, 0.29) is 22.8 Å². The van der Waals surface area contributed by atoms with E-state index < -0.39 is 10.0 Å². The molecule has 1 aliphatic heterocycles. The average Bonchev–Trinajstić information content (AvgIpc) is 3.39. The fourth-order valence-electron chi connectivity index (χ4n) is 3.02. The first kappa shape index (κ1) is 18.2. The Balaban J connectivity index is 1.60. The van der Waals surface area contributed by atoms with Gasteiger partial charge >= 0.3 is 0 Å². The lowest BCUT2D eigenvalue weighted by molar-refractivity contribution is -0.126. The molecule has 1 heterocycles. The molecule has 1 aliphatic carbocycles. The van der Waals surface area contributed by atoms with Gasteiger partial charge in [0.2, 0.25) is 15.9 Å². The second kappa shape index (κ2) is 7.33. The topological polar surface area (TPSA) is 75.7 Å². The van der Waals surface area contributed by atoms with Gasteiger partial charge in [0, 0.05) is 25.0 Å². The summed E-state index contributed by atoms with van der Waals surface area (Å²) in [5, 5.41) is 3.01. The molecule has 7 heteroatoms. The van der Waals surface area contributed by atoms with E-state index in [1.807, 2.05) is 13.8 Å². The molecule has 0 atom stereocenters. The van der Waals surface area contributed by atoms with Crippen molar-refractivity contribution in [1.29, 1.82) is 0 Å². The minimum atomic E-state index is -3.52. The average molecular weight is 366 g/mol. The van der Waals surface area contributed by atoms with E-state index in [1.165, 1.54) is 4.31 Å². The molecule has 0 unspecified atom stereocenters. The smallest absolute Gasteiger partial charge is 0.243 e. The van der Waals surface area contributed by atoms with Gasteiger partial charge in [-0.1, -0.05) is 0 Å². The molecular weight excluding hydrogens is 340 g/mol. The van der Waals surface area contributed by atoms with Crippen LogP contribution >= 0.6 is 0 Å². The van der Waals surface area contributed by atoms with Crippen molar-refractivity contribution in [3.05, 3.63) is 24.3 Å². The quantitative estimate of drug-likeness (QED) is 0.837. The molecule has 1 saturated heterocycles. The maximum atomic E-state index is 12.8. The third-order valence-electron chi connectivity index (χ3n) is 4.58. The fourth-order valence-corrected chi connectivity index (χ4v) is 4.49. The van der Waals surface area contributed by atoms with Crippen LogP contribution in [0.15, 0.2) is 29.2 Å². The number of hydrogen-bond acceptors (Lipinski definition) is 4. The van der Waals surface area contributed by atoms with Crippen LogP contribution in [0.5, 0.6) is 5.75 Å². The fraction of sp³-hybridized carbons (Fsp3) is 0.611. The number of rotatable bonds is 6. The Morgan fingerprint density at radius 2 is 1.72 bits per heavy atom. The van der Waals surface area contributed by atoms with Gasteiger partial charge in [0.05, 0.1) is 11.0 Å². The molecule has 2 aliphatic rings. The Morgan fingerprint density at radius 3 is 2.24 bits per heavy atom. The van der Waals surface area contributed by atoms with Crippen LogP contribution in [0.2, 0.25) is 0 Å². The predicted molar refractivity (Wildman–Crippen MR) is 94.9 cm³/mol. The number of piperidine rings is 1. The summed E-state index contributed by atoms with van der Waals surface area (Å²) in [6, 6.07) is 6.88. The number of hydrogen-bond donors (Lipinski definition) is 1. The second-order valence-corrected chi connectivity index (χ2v) is 9.04. The number of benzene rings is 1. The molecule has 138 valence electrons. The minimum absolute atomic E-state index is 0.0447. The first-order chi connectivity index (χ1) is 11.9. The number of carbonyl (C=O) groups is 1. The summed E-state index contributed by atoms with van der Waals surface area (Å²) < 4.78 is 32.6. The third kappa shape index (κ3) is 4.52. The van der Waals surface area contributed by atoms with Crippen LogP contribution < -0.4 is 10.1 Å². The van der Waals surface area contributed by atoms with Gasteiger partial charge in [-0.2, -0.15) is 4.31 Å². The number of amides is 1. The van der Waals surface area contributed by atoms with Gasteiger partial charge in [0.15, 0.2) is 0 Å². The van der Waals surface area contributed by atoms with Gasteiger partial charge in [-0.05, 0) is 63.8 Å². The standard InChI is InChI=1S/C18H26N2O4S/c1-13(2)24-16-5-7-17(8-6-16)25(22,23)20-11-9-14(10-12-20)18(21)19-15-3-4-15/h5-8,13-15H,3-4,9-12H2,1-2H3,(H,19,21). The van der Waals surface area contributed by atoms with Crippen molar-refractivity contribution < 1.29 is 17.9 Å². The van der Waals surface area contributed by atoms with Crippen molar-refractivity contribution in [2.75, 3.05) is 13.1 Å². The van der Waals surface area contributed by atoms with Crippen molar-refractivity contribution in [1.82, 2.24) is 9.62 Å². The summed E-state index contributed by atoms with van der Waals surface area (Å²) >= 11 is 0. The number of carbonyl (C=O) groups excluding carboxylic acids is 1.